The number of rotatable bonds is 1. The molecule has 0 aliphatic heterocycles. The summed E-state index contributed by atoms with van der Waals surface area (Å²) < 4.78 is 0. The van der Waals surface area contributed by atoms with Gasteiger partial charge in [0.2, 0.25) is 0 Å². The van der Waals surface area contributed by atoms with Crippen molar-refractivity contribution in [2.75, 3.05) is 0 Å². The number of hydrogen-bond acceptors (Lipinski definition) is 3. The first-order chi connectivity index (χ1) is 10.6. The maximum atomic E-state index is 10.8. The molecule has 1 saturated carbocycles. The summed E-state index contributed by atoms with van der Waals surface area (Å²) >= 11 is 0. The van der Waals surface area contributed by atoms with E-state index in [0.29, 0.717) is 18.4 Å². The van der Waals surface area contributed by atoms with Crippen molar-refractivity contribution in [2.45, 2.75) is 70.7 Å². The molecular weight excluding hydrogens is 288 g/mol. The first-order valence-corrected chi connectivity index (χ1v) is 8.79. The van der Waals surface area contributed by atoms with E-state index in [4.69, 9.17) is 0 Å². The number of fused-ring (bicyclic) bond motifs is 1. The second kappa shape index (κ2) is 6.92. The summed E-state index contributed by atoms with van der Waals surface area (Å²) in [7, 11) is 0. The van der Waals surface area contributed by atoms with Gasteiger partial charge in [0, 0.05) is 12.3 Å². The Labute approximate surface area is 140 Å². The van der Waals surface area contributed by atoms with Crippen LogP contribution in [-0.2, 0) is 0 Å². The second-order valence-corrected chi connectivity index (χ2v) is 7.94. The van der Waals surface area contributed by atoms with E-state index < -0.39 is 17.8 Å². The minimum Gasteiger partial charge on any atom is -0.390 e. The zero-order valence-corrected chi connectivity index (χ0v) is 14.8. The molecule has 0 unspecified atom stereocenters. The van der Waals surface area contributed by atoms with Crippen molar-refractivity contribution in [3.05, 3.63) is 36.0 Å². The van der Waals surface area contributed by atoms with Crippen molar-refractivity contribution >= 4 is 0 Å². The molecule has 3 nitrogen and oxygen atoms in total. The Morgan fingerprint density at radius 1 is 1.13 bits per heavy atom. The lowest BCUT2D eigenvalue weighted by Crippen LogP contribution is -2.32. The first kappa shape index (κ1) is 18.4. The molecule has 0 saturated heterocycles. The molecule has 0 amide bonds. The molecule has 23 heavy (non-hydrogen) atoms. The van der Waals surface area contributed by atoms with Crippen LogP contribution in [0.2, 0.25) is 0 Å². The van der Waals surface area contributed by atoms with Gasteiger partial charge in [0.15, 0.2) is 0 Å². The Kier molecular flexibility index (Phi) is 5.55. The van der Waals surface area contributed by atoms with Crippen molar-refractivity contribution in [2.24, 2.45) is 17.8 Å². The summed E-state index contributed by atoms with van der Waals surface area (Å²) in [5.41, 5.74) is 1.94. The smallest absolute Gasteiger partial charge is 0.0790 e. The third kappa shape index (κ3) is 3.96. The molecule has 0 aromatic heterocycles. The second-order valence-electron chi connectivity index (χ2n) is 7.94. The number of allylic oxidation sites excluding steroid dienone is 1. The highest BCUT2D eigenvalue weighted by molar-refractivity contribution is 5.24. The topological polar surface area (TPSA) is 60.7 Å². The third-order valence-electron chi connectivity index (χ3n) is 5.73. The van der Waals surface area contributed by atoms with Crippen LogP contribution < -0.4 is 0 Å². The number of hydrogen-bond donors (Lipinski definition) is 3. The van der Waals surface area contributed by atoms with Crippen LogP contribution in [0.4, 0.5) is 0 Å². The van der Waals surface area contributed by atoms with E-state index in [0.717, 1.165) is 30.4 Å². The minimum atomic E-state index is -0.767. The van der Waals surface area contributed by atoms with Crippen molar-refractivity contribution in [1.82, 2.24) is 0 Å². The van der Waals surface area contributed by atoms with Crippen LogP contribution in [0.3, 0.4) is 0 Å². The van der Waals surface area contributed by atoms with Crippen LogP contribution >= 0.6 is 0 Å². The Morgan fingerprint density at radius 3 is 2.39 bits per heavy atom. The molecule has 3 N–H and O–H groups in total. The van der Waals surface area contributed by atoms with Crippen LogP contribution in [0.25, 0.3) is 0 Å². The molecule has 3 heteroatoms. The molecule has 2 aliphatic rings. The zero-order valence-electron chi connectivity index (χ0n) is 14.8. The lowest BCUT2D eigenvalue weighted by atomic mass is 9.79. The predicted molar refractivity (Wildman–Crippen MR) is 93.9 cm³/mol. The van der Waals surface area contributed by atoms with Crippen molar-refractivity contribution in [3.63, 3.8) is 0 Å². The fraction of sp³-hybridized carbons (Fsp3) is 0.700. The van der Waals surface area contributed by atoms with Gasteiger partial charge in [-0.3, -0.25) is 0 Å². The Balaban J connectivity index is 2.44. The average molecular weight is 320 g/mol. The highest BCUT2D eigenvalue weighted by Crippen LogP contribution is 2.46. The monoisotopic (exact) mass is 320 g/mol. The zero-order chi connectivity index (χ0) is 17.4. The molecule has 0 radical (unpaired) electrons. The highest BCUT2D eigenvalue weighted by atomic mass is 16.3. The quantitative estimate of drug-likeness (QED) is 0.649. The minimum absolute atomic E-state index is 0.0226. The maximum absolute atomic E-state index is 10.8. The van der Waals surface area contributed by atoms with Crippen molar-refractivity contribution in [1.29, 1.82) is 0 Å². The molecule has 130 valence electrons. The number of aliphatic hydroxyl groups excluding tert-OH is 2. The fourth-order valence-corrected chi connectivity index (χ4v) is 4.09. The predicted octanol–water partition coefficient (Wildman–Crippen LogP) is 3.36. The summed E-state index contributed by atoms with van der Waals surface area (Å²) in [6.07, 6.45) is 4.18. The molecular formula is C20H32O3. The van der Waals surface area contributed by atoms with Gasteiger partial charge < -0.3 is 15.3 Å². The van der Waals surface area contributed by atoms with E-state index >= 15 is 0 Å². The lowest BCUT2D eigenvalue weighted by molar-refractivity contribution is 0.0319. The molecule has 0 spiro atoms. The molecule has 2 rings (SSSR count). The van der Waals surface area contributed by atoms with Gasteiger partial charge in [-0.05, 0) is 55.6 Å². The van der Waals surface area contributed by atoms with Gasteiger partial charge in [0.25, 0.3) is 0 Å². The van der Waals surface area contributed by atoms with Crippen molar-refractivity contribution < 1.29 is 15.3 Å². The molecule has 1 fully saturated rings. The molecule has 0 aromatic carbocycles. The van der Waals surface area contributed by atoms with E-state index in [1.807, 2.05) is 6.92 Å². The van der Waals surface area contributed by atoms with E-state index in [1.54, 1.807) is 0 Å². The SMILES string of the molecule is C=C1C[C@H](O)/C(C(C)C)=C\[C@H]2[C@@H](CC[C@]2(C)O)C(=C)CC[C@@H]1O. The number of aliphatic hydroxyl groups is 3. The third-order valence-corrected chi connectivity index (χ3v) is 5.73. The van der Waals surface area contributed by atoms with Crippen LogP contribution in [0.1, 0.15) is 52.9 Å². The van der Waals surface area contributed by atoms with Gasteiger partial charge in [0.1, 0.15) is 0 Å². The van der Waals surface area contributed by atoms with Crippen LogP contribution in [-0.4, -0.2) is 33.1 Å². The van der Waals surface area contributed by atoms with E-state index in [1.165, 1.54) is 0 Å². The largest absolute Gasteiger partial charge is 0.390 e. The maximum Gasteiger partial charge on any atom is 0.0790 e. The van der Waals surface area contributed by atoms with Crippen LogP contribution in [0.15, 0.2) is 36.0 Å². The Hall–Kier alpha value is -0.900. The van der Waals surface area contributed by atoms with Gasteiger partial charge in [-0.15, -0.1) is 0 Å². The highest BCUT2D eigenvalue weighted by Gasteiger charge is 2.44. The van der Waals surface area contributed by atoms with Gasteiger partial charge in [-0.2, -0.15) is 0 Å². The average Bonchev–Trinajstić information content (AvgIpc) is 2.74. The van der Waals surface area contributed by atoms with Gasteiger partial charge in [-0.1, -0.05) is 38.7 Å². The molecule has 2 aliphatic carbocycles. The lowest BCUT2D eigenvalue weighted by Gasteiger charge is -2.30. The molecule has 5 atom stereocenters. The van der Waals surface area contributed by atoms with Crippen molar-refractivity contribution in [3.8, 4) is 0 Å². The van der Waals surface area contributed by atoms with Crippen LogP contribution in [0, 0.1) is 17.8 Å². The molecule has 0 aromatic rings. The van der Waals surface area contributed by atoms with E-state index in [-0.39, 0.29) is 17.8 Å². The van der Waals surface area contributed by atoms with Gasteiger partial charge in [0.05, 0.1) is 17.8 Å². The van der Waals surface area contributed by atoms with Gasteiger partial charge in [-0.25, -0.2) is 0 Å². The Bertz CT molecular complexity index is 501. The summed E-state index contributed by atoms with van der Waals surface area (Å²) in [5, 5.41) is 31.7. The summed E-state index contributed by atoms with van der Waals surface area (Å²) in [6.45, 7) is 14.2. The summed E-state index contributed by atoms with van der Waals surface area (Å²) in [4.78, 5) is 0. The van der Waals surface area contributed by atoms with Gasteiger partial charge >= 0.3 is 0 Å². The normalized spacial score (nSPS) is 42.1. The van der Waals surface area contributed by atoms with E-state index in [9.17, 15) is 15.3 Å². The summed E-state index contributed by atoms with van der Waals surface area (Å²) in [5.74, 6) is 0.371. The van der Waals surface area contributed by atoms with Crippen LogP contribution in [0.5, 0.6) is 0 Å². The molecule has 0 bridgehead atoms. The summed E-state index contributed by atoms with van der Waals surface area (Å²) in [6, 6.07) is 0. The Morgan fingerprint density at radius 2 is 1.78 bits per heavy atom. The standard InChI is InChI=1S/C20H32O3/c1-12(2)16-11-17-15(8-9-20(17,5)23)13(3)6-7-18(21)14(4)10-19(16)22/h11-12,15,17-19,21-23H,3-4,6-10H2,1-2,5H3/b16-11-/t15-,17-,18-,19-,20-/m0/s1. The first-order valence-electron chi connectivity index (χ1n) is 8.79. The van der Waals surface area contributed by atoms with E-state index in [2.05, 4.69) is 33.1 Å². The molecule has 0 heterocycles. The fourth-order valence-electron chi connectivity index (χ4n) is 4.09.